The molecule has 0 aromatic heterocycles. The van der Waals surface area contributed by atoms with Crippen molar-refractivity contribution in [3.8, 4) is 0 Å². The van der Waals surface area contributed by atoms with Gasteiger partial charge in [-0.3, -0.25) is 14.5 Å². The first kappa shape index (κ1) is 26.5. The molecule has 39 heavy (non-hydrogen) atoms. The van der Waals surface area contributed by atoms with E-state index in [0.717, 1.165) is 12.1 Å². The lowest BCUT2D eigenvalue weighted by molar-refractivity contribution is -0.170. The number of benzene rings is 3. The molecule has 11 heteroatoms. The molecule has 1 aliphatic carbocycles. The van der Waals surface area contributed by atoms with Crippen LogP contribution < -0.4 is 10.2 Å². The Hall–Kier alpha value is -4.15. The molecule has 2 atom stereocenters. The number of carbonyl (C=O) groups is 2. The number of amides is 1. The zero-order chi connectivity index (χ0) is 28.1. The molecule has 2 aliphatic rings. The van der Waals surface area contributed by atoms with Gasteiger partial charge in [-0.15, -0.1) is 0 Å². The Kier molecular flexibility index (Phi) is 6.48. The van der Waals surface area contributed by atoms with Gasteiger partial charge in [-0.2, -0.15) is 26.3 Å². The van der Waals surface area contributed by atoms with Crippen LogP contribution in [0.4, 0.5) is 42.1 Å². The van der Waals surface area contributed by atoms with Gasteiger partial charge in [0.25, 0.3) is 0 Å². The number of Topliss-reactive ketones (excluding diaryl/α,β-unsaturated/α-hetero) is 1. The molecule has 1 N–H and O–H groups in total. The van der Waals surface area contributed by atoms with Crippen molar-refractivity contribution < 1.29 is 40.3 Å². The smallest absolute Gasteiger partial charge is 0.357 e. The molecule has 0 radical (unpaired) electrons. The van der Waals surface area contributed by atoms with Gasteiger partial charge in [0.05, 0.1) is 23.0 Å². The zero-order valence-corrected chi connectivity index (χ0v) is 19.9. The van der Waals surface area contributed by atoms with Crippen LogP contribution in [0.3, 0.4) is 0 Å². The van der Waals surface area contributed by atoms with Crippen LogP contribution in [0.5, 0.6) is 0 Å². The molecular weight excluding hydrogens is 529 g/mol. The van der Waals surface area contributed by atoms with Gasteiger partial charge in [-0.25, -0.2) is 4.39 Å². The van der Waals surface area contributed by atoms with E-state index in [2.05, 4.69) is 5.32 Å². The fourth-order valence-electron chi connectivity index (χ4n) is 5.09. The molecular formula is C28H19F7N2O2. The molecule has 1 amide bonds. The van der Waals surface area contributed by atoms with Crippen molar-refractivity contribution in [2.75, 3.05) is 10.2 Å². The van der Waals surface area contributed by atoms with Gasteiger partial charge < -0.3 is 5.32 Å². The number of allylic oxidation sites excluding steroid dienone is 1. The van der Waals surface area contributed by atoms with E-state index < -0.39 is 47.4 Å². The first-order valence-corrected chi connectivity index (χ1v) is 11.8. The summed E-state index contributed by atoms with van der Waals surface area (Å²) in [6, 6.07) is 12.8. The van der Waals surface area contributed by atoms with Crippen LogP contribution in [0, 0.1) is 5.82 Å². The van der Waals surface area contributed by atoms with Crippen LogP contribution in [0.1, 0.15) is 41.5 Å². The molecule has 1 aliphatic heterocycles. The van der Waals surface area contributed by atoms with Crippen molar-refractivity contribution in [1.29, 1.82) is 0 Å². The summed E-state index contributed by atoms with van der Waals surface area (Å²) in [6.07, 6.45) is -10.1. The topological polar surface area (TPSA) is 49.4 Å². The lowest BCUT2D eigenvalue weighted by atomic mass is 9.78. The van der Waals surface area contributed by atoms with Crippen LogP contribution in [0.2, 0.25) is 0 Å². The van der Waals surface area contributed by atoms with Gasteiger partial charge in [-0.05, 0) is 59.9 Å². The molecule has 4 nitrogen and oxygen atoms in total. The molecule has 0 fully saturated rings. The Bertz CT molecular complexity index is 1460. The Morgan fingerprint density at radius 3 is 2.05 bits per heavy atom. The number of para-hydroxylation sites is 2. The predicted octanol–water partition coefficient (Wildman–Crippen LogP) is 7.31. The summed E-state index contributed by atoms with van der Waals surface area (Å²) in [4.78, 5) is 26.9. The fourth-order valence-corrected chi connectivity index (χ4v) is 5.09. The van der Waals surface area contributed by atoms with E-state index in [9.17, 15) is 40.3 Å². The first-order valence-electron chi connectivity index (χ1n) is 11.8. The predicted molar refractivity (Wildman–Crippen MR) is 128 cm³/mol. The van der Waals surface area contributed by atoms with E-state index in [1.807, 2.05) is 0 Å². The minimum Gasteiger partial charge on any atom is -0.357 e. The zero-order valence-electron chi connectivity index (χ0n) is 19.9. The highest BCUT2D eigenvalue weighted by atomic mass is 19.4. The number of hydrogen-bond donors (Lipinski definition) is 1. The molecule has 3 aromatic rings. The average Bonchev–Trinajstić information content (AvgIpc) is 3.02. The van der Waals surface area contributed by atoms with Gasteiger partial charge in [0.1, 0.15) is 5.82 Å². The molecule has 0 unspecified atom stereocenters. The maximum Gasteiger partial charge on any atom is 0.471 e. The number of carbonyl (C=O) groups excluding carboxylic acids is 2. The van der Waals surface area contributed by atoms with Crippen molar-refractivity contribution in [2.24, 2.45) is 0 Å². The molecule has 0 bridgehead atoms. The lowest BCUT2D eigenvalue weighted by Crippen LogP contribution is -2.45. The van der Waals surface area contributed by atoms with E-state index >= 15 is 0 Å². The number of alkyl halides is 6. The Balaban J connectivity index is 1.72. The van der Waals surface area contributed by atoms with Crippen molar-refractivity contribution >= 4 is 23.1 Å². The summed E-state index contributed by atoms with van der Waals surface area (Å²) in [5, 5.41) is 3.02. The summed E-state index contributed by atoms with van der Waals surface area (Å²) in [5.74, 6) is -3.79. The standard InChI is InChI=1S/C28H19F7N2O2/c29-19-11-7-15(8-12-19)17-13-21-24(23(38)14-17)25(16-5-9-18(10-6-16)27(30,31)32)37(26(39)28(33,34)35)22-4-2-1-3-20(22)36-21/h1-12,17,25,36H,13-14H2/t17-,25-/m0/s1. The largest absolute Gasteiger partial charge is 0.471 e. The second kappa shape index (κ2) is 9.55. The second-order valence-electron chi connectivity index (χ2n) is 9.31. The van der Waals surface area contributed by atoms with E-state index in [-0.39, 0.29) is 41.1 Å². The van der Waals surface area contributed by atoms with E-state index in [4.69, 9.17) is 0 Å². The van der Waals surface area contributed by atoms with Crippen LogP contribution in [0.25, 0.3) is 0 Å². The van der Waals surface area contributed by atoms with Crippen molar-refractivity contribution in [3.63, 3.8) is 0 Å². The van der Waals surface area contributed by atoms with Crippen molar-refractivity contribution in [1.82, 2.24) is 0 Å². The Labute approximate surface area is 217 Å². The van der Waals surface area contributed by atoms with Gasteiger partial charge in [0.15, 0.2) is 5.78 Å². The highest BCUT2D eigenvalue weighted by Crippen LogP contribution is 2.48. The lowest BCUT2D eigenvalue weighted by Gasteiger charge is -2.35. The number of halogens is 7. The minimum absolute atomic E-state index is 0.0971. The molecule has 202 valence electrons. The molecule has 3 aromatic carbocycles. The Morgan fingerprint density at radius 1 is 0.821 bits per heavy atom. The van der Waals surface area contributed by atoms with Gasteiger partial charge >= 0.3 is 18.3 Å². The van der Waals surface area contributed by atoms with E-state index in [1.165, 1.54) is 48.5 Å². The third-order valence-electron chi connectivity index (χ3n) is 6.85. The minimum atomic E-state index is -5.35. The molecule has 1 heterocycles. The number of ketones is 1. The number of nitrogens with zero attached hydrogens (tertiary/aromatic N) is 1. The Morgan fingerprint density at radius 2 is 1.44 bits per heavy atom. The van der Waals surface area contributed by atoms with E-state index in [1.54, 1.807) is 0 Å². The maximum absolute atomic E-state index is 13.9. The monoisotopic (exact) mass is 548 g/mol. The van der Waals surface area contributed by atoms with Crippen molar-refractivity contribution in [2.45, 2.75) is 37.2 Å². The number of anilines is 2. The normalized spacial score (nSPS) is 19.7. The van der Waals surface area contributed by atoms with Crippen LogP contribution in [-0.2, 0) is 15.8 Å². The number of nitrogens with one attached hydrogen (secondary N) is 1. The maximum atomic E-state index is 13.9. The first-order chi connectivity index (χ1) is 18.3. The highest BCUT2D eigenvalue weighted by Gasteiger charge is 2.50. The number of hydrogen-bond acceptors (Lipinski definition) is 3. The van der Waals surface area contributed by atoms with Gasteiger partial charge in [0, 0.05) is 17.7 Å². The van der Waals surface area contributed by atoms with Gasteiger partial charge in [0.2, 0.25) is 0 Å². The quantitative estimate of drug-likeness (QED) is 0.342. The highest BCUT2D eigenvalue weighted by molar-refractivity contribution is 6.07. The van der Waals surface area contributed by atoms with E-state index in [0.29, 0.717) is 22.6 Å². The van der Waals surface area contributed by atoms with Crippen LogP contribution in [0.15, 0.2) is 84.1 Å². The summed E-state index contributed by atoms with van der Waals surface area (Å²) in [5.41, 5.74) is -0.495. The summed E-state index contributed by atoms with van der Waals surface area (Å²) in [7, 11) is 0. The second-order valence-corrected chi connectivity index (χ2v) is 9.31. The molecule has 0 saturated carbocycles. The van der Waals surface area contributed by atoms with Crippen molar-refractivity contribution in [3.05, 3.63) is 107 Å². The fraction of sp³-hybridized carbons (Fsp3) is 0.214. The summed E-state index contributed by atoms with van der Waals surface area (Å²) < 4.78 is 94.9. The molecule has 5 rings (SSSR count). The number of fused-ring (bicyclic) bond motifs is 1. The molecule has 0 saturated heterocycles. The average molecular weight is 548 g/mol. The third kappa shape index (κ3) is 5.00. The summed E-state index contributed by atoms with van der Waals surface area (Å²) >= 11 is 0. The SMILES string of the molecule is O=C1C[C@@H](c2ccc(F)cc2)CC2=C1[C@H](c1ccc(C(F)(F)F)cc1)N(C(=O)C(F)(F)F)c1ccccc1N2. The third-order valence-corrected chi connectivity index (χ3v) is 6.85. The number of rotatable bonds is 2. The van der Waals surface area contributed by atoms with Crippen LogP contribution in [-0.4, -0.2) is 17.9 Å². The van der Waals surface area contributed by atoms with Crippen LogP contribution >= 0.6 is 0 Å². The molecule has 0 spiro atoms. The van der Waals surface area contributed by atoms with Gasteiger partial charge in [-0.1, -0.05) is 36.4 Å². The summed E-state index contributed by atoms with van der Waals surface area (Å²) in [6.45, 7) is 0.